The van der Waals surface area contributed by atoms with Crippen LogP contribution in [0.15, 0.2) is 0 Å². The van der Waals surface area contributed by atoms with E-state index < -0.39 is 0 Å². The van der Waals surface area contributed by atoms with Crippen molar-refractivity contribution in [2.24, 2.45) is 11.8 Å². The molecule has 0 aromatic carbocycles. The van der Waals surface area contributed by atoms with Gasteiger partial charge in [0.15, 0.2) is 0 Å². The largest absolute Gasteiger partial charge is 0.356 e. The molecule has 1 heterocycles. The molecule has 1 saturated heterocycles. The van der Waals surface area contributed by atoms with Crippen LogP contribution in [0, 0.1) is 11.8 Å². The second-order valence-electron chi connectivity index (χ2n) is 4.62. The Morgan fingerprint density at radius 2 is 2.00 bits per heavy atom. The maximum absolute atomic E-state index is 11.2. The zero-order chi connectivity index (χ0) is 9.42. The summed E-state index contributed by atoms with van der Waals surface area (Å²) in [5.74, 6) is 1.65. The zero-order valence-electron chi connectivity index (χ0n) is 8.42. The Morgan fingerprint density at radius 3 is 2.69 bits per heavy atom. The van der Waals surface area contributed by atoms with Gasteiger partial charge in [-0.3, -0.25) is 4.79 Å². The SMILES string of the molecule is CN(C)C1C[C@H]2CC(=O)NC[C@H]2C1. The molecule has 1 unspecified atom stereocenters. The highest BCUT2D eigenvalue weighted by Crippen LogP contribution is 2.37. The monoisotopic (exact) mass is 182 g/mol. The van der Waals surface area contributed by atoms with Crippen LogP contribution in [-0.2, 0) is 4.79 Å². The van der Waals surface area contributed by atoms with Gasteiger partial charge in [-0.05, 0) is 38.8 Å². The lowest BCUT2D eigenvalue weighted by Crippen LogP contribution is -2.38. The molecule has 3 nitrogen and oxygen atoms in total. The van der Waals surface area contributed by atoms with E-state index in [1.165, 1.54) is 12.8 Å². The number of fused-ring (bicyclic) bond motifs is 1. The fourth-order valence-electron chi connectivity index (χ4n) is 2.66. The molecule has 0 aromatic heterocycles. The second-order valence-corrected chi connectivity index (χ2v) is 4.62. The minimum atomic E-state index is 0.251. The third-order valence-electron chi connectivity index (χ3n) is 3.56. The molecule has 1 amide bonds. The first-order valence-corrected chi connectivity index (χ1v) is 5.10. The van der Waals surface area contributed by atoms with Gasteiger partial charge < -0.3 is 10.2 Å². The second kappa shape index (κ2) is 3.29. The molecule has 0 aromatic rings. The number of amides is 1. The molecular formula is C10H18N2O. The lowest BCUT2D eigenvalue weighted by molar-refractivity contribution is -0.124. The molecule has 1 saturated carbocycles. The van der Waals surface area contributed by atoms with E-state index in [4.69, 9.17) is 0 Å². The molecule has 0 radical (unpaired) electrons. The number of nitrogens with one attached hydrogen (secondary N) is 1. The number of rotatable bonds is 1. The maximum atomic E-state index is 11.2. The third kappa shape index (κ3) is 1.70. The topological polar surface area (TPSA) is 32.3 Å². The standard InChI is InChI=1S/C10H18N2O/c1-12(2)9-3-7-5-10(13)11-6-8(7)4-9/h7-9H,3-6H2,1-2H3,(H,11,13)/t7-,8+,9?/m0/s1. The van der Waals surface area contributed by atoms with Gasteiger partial charge in [-0.15, -0.1) is 0 Å². The summed E-state index contributed by atoms with van der Waals surface area (Å²) in [5.41, 5.74) is 0. The Kier molecular flexibility index (Phi) is 2.28. The molecule has 13 heavy (non-hydrogen) atoms. The average molecular weight is 182 g/mol. The normalized spacial score (nSPS) is 39.0. The smallest absolute Gasteiger partial charge is 0.220 e. The summed E-state index contributed by atoms with van der Waals surface area (Å²) in [5, 5.41) is 2.96. The minimum Gasteiger partial charge on any atom is -0.356 e. The van der Waals surface area contributed by atoms with Crippen molar-refractivity contribution in [1.82, 2.24) is 10.2 Å². The van der Waals surface area contributed by atoms with Gasteiger partial charge in [0.2, 0.25) is 5.91 Å². The van der Waals surface area contributed by atoms with Gasteiger partial charge in [0, 0.05) is 19.0 Å². The number of carbonyl (C=O) groups excluding carboxylic acids is 1. The van der Waals surface area contributed by atoms with E-state index in [1.807, 2.05) is 0 Å². The van der Waals surface area contributed by atoms with Gasteiger partial charge in [0.05, 0.1) is 0 Å². The number of piperidine rings is 1. The molecule has 3 heteroatoms. The summed E-state index contributed by atoms with van der Waals surface area (Å²) in [7, 11) is 4.27. The van der Waals surface area contributed by atoms with Crippen molar-refractivity contribution in [1.29, 1.82) is 0 Å². The van der Waals surface area contributed by atoms with Gasteiger partial charge in [-0.1, -0.05) is 0 Å². The molecule has 2 rings (SSSR count). The molecule has 1 N–H and O–H groups in total. The van der Waals surface area contributed by atoms with E-state index in [0.717, 1.165) is 18.9 Å². The van der Waals surface area contributed by atoms with Gasteiger partial charge in [-0.25, -0.2) is 0 Å². The summed E-state index contributed by atoms with van der Waals surface area (Å²) >= 11 is 0. The molecule has 2 fully saturated rings. The third-order valence-corrected chi connectivity index (χ3v) is 3.56. The van der Waals surface area contributed by atoms with E-state index >= 15 is 0 Å². The summed E-state index contributed by atoms with van der Waals surface area (Å²) in [4.78, 5) is 13.5. The lowest BCUT2D eigenvalue weighted by Gasteiger charge is -2.24. The Morgan fingerprint density at radius 1 is 1.31 bits per heavy atom. The molecule has 3 atom stereocenters. The molecule has 1 aliphatic carbocycles. The van der Waals surface area contributed by atoms with Crippen LogP contribution in [0.1, 0.15) is 19.3 Å². The Bertz CT molecular complexity index is 215. The number of hydrogen-bond acceptors (Lipinski definition) is 2. The van der Waals surface area contributed by atoms with Crippen molar-refractivity contribution in [2.75, 3.05) is 20.6 Å². The molecular weight excluding hydrogens is 164 g/mol. The Labute approximate surface area is 79.5 Å². The van der Waals surface area contributed by atoms with Gasteiger partial charge in [0.1, 0.15) is 0 Å². The Hall–Kier alpha value is -0.570. The van der Waals surface area contributed by atoms with Gasteiger partial charge in [0.25, 0.3) is 0 Å². The molecule has 74 valence electrons. The number of carbonyl (C=O) groups is 1. The first-order chi connectivity index (χ1) is 6.16. The van der Waals surface area contributed by atoms with Crippen LogP contribution in [0.2, 0.25) is 0 Å². The van der Waals surface area contributed by atoms with Crippen molar-refractivity contribution in [3.63, 3.8) is 0 Å². The van der Waals surface area contributed by atoms with Crippen LogP contribution >= 0.6 is 0 Å². The van der Waals surface area contributed by atoms with Crippen LogP contribution in [-0.4, -0.2) is 37.5 Å². The quantitative estimate of drug-likeness (QED) is 0.639. The first-order valence-electron chi connectivity index (χ1n) is 5.10. The van der Waals surface area contributed by atoms with E-state index in [1.54, 1.807) is 0 Å². The zero-order valence-corrected chi connectivity index (χ0v) is 8.42. The fraction of sp³-hybridized carbons (Fsp3) is 0.900. The van der Waals surface area contributed by atoms with Crippen molar-refractivity contribution in [3.8, 4) is 0 Å². The first kappa shape index (κ1) is 9.00. The van der Waals surface area contributed by atoms with Crippen molar-refractivity contribution < 1.29 is 4.79 Å². The van der Waals surface area contributed by atoms with Crippen molar-refractivity contribution in [2.45, 2.75) is 25.3 Å². The molecule has 2 aliphatic rings. The van der Waals surface area contributed by atoms with E-state index in [0.29, 0.717) is 12.0 Å². The molecule has 1 aliphatic heterocycles. The highest BCUT2D eigenvalue weighted by Gasteiger charge is 2.38. The lowest BCUT2D eigenvalue weighted by atomic mass is 9.89. The fourth-order valence-corrected chi connectivity index (χ4v) is 2.66. The van der Waals surface area contributed by atoms with Crippen molar-refractivity contribution in [3.05, 3.63) is 0 Å². The summed E-state index contributed by atoms with van der Waals surface area (Å²) < 4.78 is 0. The minimum absolute atomic E-state index is 0.251. The van der Waals surface area contributed by atoms with Gasteiger partial charge >= 0.3 is 0 Å². The molecule has 0 bridgehead atoms. The van der Waals surface area contributed by atoms with Crippen LogP contribution in [0.4, 0.5) is 0 Å². The van der Waals surface area contributed by atoms with Crippen LogP contribution < -0.4 is 5.32 Å². The predicted octanol–water partition coefficient (Wildman–Crippen LogP) is 0.463. The van der Waals surface area contributed by atoms with Crippen LogP contribution in [0.25, 0.3) is 0 Å². The maximum Gasteiger partial charge on any atom is 0.220 e. The van der Waals surface area contributed by atoms with E-state index in [9.17, 15) is 4.79 Å². The number of nitrogens with zero attached hydrogens (tertiary/aromatic N) is 1. The summed E-state index contributed by atoms with van der Waals surface area (Å²) in [6.45, 7) is 0.911. The van der Waals surface area contributed by atoms with E-state index in [-0.39, 0.29) is 5.91 Å². The summed E-state index contributed by atoms with van der Waals surface area (Å²) in [6.07, 6.45) is 3.23. The van der Waals surface area contributed by atoms with Crippen LogP contribution in [0.3, 0.4) is 0 Å². The predicted molar refractivity (Wildman–Crippen MR) is 51.3 cm³/mol. The molecule has 0 spiro atoms. The Balaban J connectivity index is 1.98. The highest BCUT2D eigenvalue weighted by atomic mass is 16.1. The average Bonchev–Trinajstić information content (AvgIpc) is 2.46. The van der Waals surface area contributed by atoms with Crippen molar-refractivity contribution >= 4 is 5.91 Å². The van der Waals surface area contributed by atoms with Crippen LogP contribution in [0.5, 0.6) is 0 Å². The highest BCUT2D eigenvalue weighted by molar-refractivity contribution is 5.77. The van der Waals surface area contributed by atoms with E-state index in [2.05, 4.69) is 24.3 Å². The van der Waals surface area contributed by atoms with Gasteiger partial charge in [-0.2, -0.15) is 0 Å². The number of hydrogen-bond donors (Lipinski definition) is 1. The summed E-state index contributed by atoms with van der Waals surface area (Å²) in [6, 6.07) is 0.697.